The van der Waals surface area contributed by atoms with Crippen LogP contribution in [-0.4, -0.2) is 33.7 Å². The first-order valence-corrected chi connectivity index (χ1v) is 8.45. The molecule has 3 N–H and O–H groups in total. The van der Waals surface area contributed by atoms with Gasteiger partial charge in [-0.2, -0.15) is 0 Å². The van der Waals surface area contributed by atoms with E-state index in [1.54, 1.807) is 37.3 Å². The minimum absolute atomic E-state index is 0.124. The Kier molecular flexibility index (Phi) is 5.49. The number of carboxylic acids is 1. The normalized spacial score (nSPS) is 15.1. The molecule has 0 bridgehead atoms. The van der Waals surface area contributed by atoms with Crippen LogP contribution >= 0.6 is 7.52 Å². The summed E-state index contributed by atoms with van der Waals surface area (Å²) in [5.74, 6) is -1.11. The Morgan fingerprint density at radius 3 is 2.73 bits per heavy atom. The molecule has 0 aliphatic heterocycles. The molecule has 1 aromatic carbocycles. The van der Waals surface area contributed by atoms with E-state index in [9.17, 15) is 14.5 Å². The molecular weight excluding hydrogens is 305 g/mol. The zero-order valence-corrected chi connectivity index (χ0v) is 13.0. The standard InChI is InChI=1S/C14H18N3O4P/c1-2-21-22(20,12-6-4-3-5-7-12)17-13(14(18)19)8-11-9-15-10-16-11/h3-7,9-10,13H,2,8H2,1H3,(H,15,16)(H,17,20)(H,18,19)/t13-,22?/m0/s1. The summed E-state index contributed by atoms with van der Waals surface area (Å²) in [6.07, 6.45) is 3.12. The third-order valence-electron chi connectivity index (χ3n) is 3.01. The molecule has 0 saturated heterocycles. The summed E-state index contributed by atoms with van der Waals surface area (Å²) >= 11 is 0. The molecule has 2 rings (SSSR count). The molecule has 0 aliphatic carbocycles. The summed E-state index contributed by atoms with van der Waals surface area (Å²) in [7, 11) is -3.47. The summed E-state index contributed by atoms with van der Waals surface area (Å²) in [5.41, 5.74) is 0.635. The number of hydrogen-bond acceptors (Lipinski definition) is 4. The van der Waals surface area contributed by atoms with Crippen molar-refractivity contribution in [3.8, 4) is 0 Å². The molecule has 1 unspecified atom stereocenters. The highest BCUT2D eigenvalue weighted by molar-refractivity contribution is 7.65. The number of nitrogens with zero attached hydrogens (tertiary/aromatic N) is 1. The third-order valence-corrected chi connectivity index (χ3v) is 5.26. The number of nitrogens with one attached hydrogen (secondary N) is 2. The average Bonchev–Trinajstić information content (AvgIpc) is 3.01. The van der Waals surface area contributed by atoms with Gasteiger partial charge >= 0.3 is 5.97 Å². The topological polar surface area (TPSA) is 104 Å². The van der Waals surface area contributed by atoms with Gasteiger partial charge in [0, 0.05) is 18.3 Å². The number of aliphatic carboxylic acids is 1. The second-order valence-electron chi connectivity index (χ2n) is 4.61. The Morgan fingerprint density at radius 2 is 2.18 bits per heavy atom. The fraction of sp³-hybridized carbons (Fsp3) is 0.286. The van der Waals surface area contributed by atoms with Crippen LogP contribution in [0.25, 0.3) is 0 Å². The van der Waals surface area contributed by atoms with Crippen LogP contribution in [0.5, 0.6) is 0 Å². The lowest BCUT2D eigenvalue weighted by atomic mass is 10.2. The van der Waals surface area contributed by atoms with Gasteiger partial charge in [-0.1, -0.05) is 18.2 Å². The zero-order chi connectivity index (χ0) is 16.0. The lowest BCUT2D eigenvalue weighted by molar-refractivity contribution is -0.139. The Balaban J connectivity index is 2.24. The van der Waals surface area contributed by atoms with Crippen LogP contribution < -0.4 is 10.4 Å². The molecule has 2 aromatic rings. The number of aromatic amines is 1. The van der Waals surface area contributed by atoms with Crippen LogP contribution in [0.15, 0.2) is 42.9 Å². The van der Waals surface area contributed by atoms with Gasteiger partial charge in [0.2, 0.25) is 0 Å². The van der Waals surface area contributed by atoms with Crippen molar-refractivity contribution in [3.05, 3.63) is 48.5 Å². The van der Waals surface area contributed by atoms with Crippen molar-refractivity contribution >= 4 is 18.8 Å². The Hall–Kier alpha value is -1.95. The van der Waals surface area contributed by atoms with Crippen LogP contribution in [0.2, 0.25) is 0 Å². The summed E-state index contributed by atoms with van der Waals surface area (Å²) < 4.78 is 18.4. The van der Waals surface area contributed by atoms with Crippen molar-refractivity contribution < 1.29 is 19.0 Å². The monoisotopic (exact) mass is 323 g/mol. The summed E-state index contributed by atoms with van der Waals surface area (Å²) in [4.78, 5) is 18.1. The lowest BCUT2D eigenvalue weighted by Crippen LogP contribution is -2.39. The van der Waals surface area contributed by atoms with Gasteiger partial charge in [0.15, 0.2) is 0 Å². The van der Waals surface area contributed by atoms with Gasteiger partial charge in [-0.15, -0.1) is 0 Å². The number of imidazole rings is 1. The maximum atomic E-state index is 13.0. The van der Waals surface area contributed by atoms with Gasteiger partial charge in [0.05, 0.1) is 18.2 Å². The fourth-order valence-electron chi connectivity index (χ4n) is 2.00. The first-order valence-electron chi connectivity index (χ1n) is 6.83. The largest absolute Gasteiger partial charge is 0.480 e. The Bertz CT molecular complexity index is 645. The molecule has 0 aliphatic rings. The number of rotatable bonds is 8. The highest BCUT2D eigenvalue weighted by atomic mass is 31.2. The van der Waals surface area contributed by atoms with Gasteiger partial charge < -0.3 is 14.6 Å². The van der Waals surface area contributed by atoms with Gasteiger partial charge in [0.1, 0.15) is 6.04 Å². The van der Waals surface area contributed by atoms with Crippen molar-refractivity contribution in [1.29, 1.82) is 0 Å². The number of carboxylic acid groups (broad SMARTS) is 1. The van der Waals surface area contributed by atoms with E-state index < -0.39 is 19.5 Å². The van der Waals surface area contributed by atoms with E-state index in [-0.39, 0.29) is 13.0 Å². The predicted molar refractivity (Wildman–Crippen MR) is 82.2 cm³/mol. The number of carbonyl (C=O) groups is 1. The maximum absolute atomic E-state index is 13.0. The van der Waals surface area contributed by atoms with Crippen LogP contribution in [-0.2, 0) is 20.3 Å². The SMILES string of the molecule is CCOP(=O)(N[C@@H](Cc1cnc[nH]1)C(=O)O)c1ccccc1. The molecule has 8 heteroatoms. The van der Waals surface area contributed by atoms with Crippen molar-refractivity contribution in [2.45, 2.75) is 19.4 Å². The molecule has 22 heavy (non-hydrogen) atoms. The van der Waals surface area contributed by atoms with E-state index in [0.29, 0.717) is 11.0 Å². The summed E-state index contributed by atoms with van der Waals surface area (Å²) in [6, 6.07) is 7.50. The molecular formula is C14H18N3O4P. The summed E-state index contributed by atoms with van der Waals surface area (Å²) in [6.45, 7) is 1.91. The van der Waals surface area contributed by atoms with Crippen LogP contribution in [0.1, 0.15) is 12.6 Å². The smallest absolute Gasteiger partial charge is 0.321 e. The maximum Gasteiger partial charge on any atom is 0.321 e. The zero-order valence-electron chi connectivity index (χ0n) is 12.1. The molecule has 118 valence electrons. The molecule has 0 amide bonds. The summed E-state index contributed by atoms with van der Waals surface area (Å²) in [5, 5.41) is 12.5. The van der Waals surface area contributed by atoms with Gasteiger partial charge in [-0.25, -0.2) is 10.1 Å². The molecule has 1 aromatic heterocycles. The van der Waals surface area contributed by atoms with E-state index in [2.05, 4.69) is 15.1 Å². The van der Waals surface area contributed by atoms with Crippen LogP contribution in [0.3, 0.4) is 0 Å². The number of H-pyrrole nitrogens is 1. The minimum Gasteiger partial charge on any atom is -0.480 e. The van der Waals surface area contributed by atoms with Crippen LogP contribution in [0, 0.1) is 0 Å². The lowest BCUT2D eigenvalue weighted by Gasteiger charge is -2.23. The molecule has 1 heterocycles. The van der Waals surface area contributed by atoms with Crippen LogP contribution in [0.4, 0.5) is 0 Å². The molecule has 7 nitrogen and oxygen atoms in total. The van der Waals surface area contributed by atoms with Gasteiger partial charge in [-0.3, -0.25) is 9.36 Å². The van der Waals surface area contributed by atoms with Crippen molar-refractivity contribution in [2.24, 2.45) is 0 Å². The second kappa shape index (κ2) is 7.35. The first kappa shape index (κ1) is 16.4. The van der Waals surface area contributed by atoms with E-state index >= 15 is 0 Å². The first-order chi connectivity index (χ1) is 10.5. The van der Waals surface area contributed by atoms with Gasteiger partial charge in [-0.05, 0) is 19.1 Å². The quantitative estimate of drug-likeness (QED) is 0.637. The fourth-order valence-corrected chi connectivity index (χ4v) is 3.91. The third kappa shape index (κ3) is 4.04. The molecule has 0 saturated carbocycles. The van der Waals surface area contributed by atoms with E-state index in [4.69, 9.17) is 4.52 Å². The van der Waals surface area contributed by atoms with Crippen molar-refractivity contribution in [1.82, 2.24) is 15.1 Å². The molecule has 0 radical (unpaired) electrons. The van der Waals surface area contributed by atoms with Crippen molar-refractivity contribution in [3.63, 3.8) is 0 Å². The highest BCUT2D eigenvalue weighted by Crippen LogP contribution is 2.41. The number of benzene rings is 1. The molecule has 0 fully saturated rings. The molecule has 0 spiro atoms. The predicted octanol–water partition coefficient (Wildman–Crippen LogP) is 1.55. The highest BCUT2D eigenvalue weighted by Gasteiger charge is 2.32. The minimum atomic E-state index is -3.47. The van der Waals surface area contributed by atoms with E-state index in [1.165, 1.54) is 12.5 Å². The second-order valence-corrected chi connectivity index (χ2v) is 6.74. The number of hydrogen-bond donors (Lipinski definition) is 3. The number of aromatic nitrogens is 2. The van der Waals surface area contributed by atoms with Gasteiger partial charge in [0.25, 0.3) is 7.52 Å². The Morgan fingerprint density at radius 1 is 1.45 bits per heavy atom. The Labute approximate surface area is 128 Å². The molecule has 2 atom stereocenters. The van der Waals surface area contributed by atoms with Crippen molar-refractivity contribution in [2.75, 3.05) is 6.61 Å². The van der Waals surface area contributed by atoms with E-state index in [0.717, 1.165) is 0 Å². The van der Waals surface area contributed by atoms with E-state index in [1.807, 2.05) is 0 Å². The average molecular weight is 323 g/mol.